The number of H-pyrrole nitrogens is 1. The van der Waals surface area contributed by atoms with Crippen LogP contribution in [0.5, 0.6) is 5.88 Å². The fourth-order valence-electron chi connectivity index (χ4n) is 3.97. The van der Waals surface area contributed by atoms with Crippen molar-refractivity contribution in [3.8, 4) is 17.1 Å². The molecule has 176 valence electrons. The first-order valence-electron chi connectivity index (χ1n) is 11.1. The minimum Gasteiger partial charge on any atom is -0.473 e. The molecule has 1 aliphatic rings. The number of carbonyl (C=O) groups is 2. The van der Waals surface area contributed by atoms with Crippen molar-refractivity contribution in [3.63, 3.8) is 0 Å². The van der Waals surface area contributed by atoms with E-state index in [0.29, 0.717) is 41.2 Å². The minimum atomic E-state index is -0.706. The van der Waals surface area contributed by atoms with Gasteiger partial charge in [-0.05, 0) is 45.4 Å². The van der Waals surface area contributed by atoms with E-state index in [1.807, 2.05) is 12.1 Å². The molecule has 1 N–H and O–H groups in total. The normalized spacial score (nSPS) is 15.7. The second-order valence-corrected chi connectivity index (χ2v) is 9.10. The maximum absolute atomic E-state index is 13.3. The van der Waals surface area contributed by atoms with Crippen molar-refractivity contribution < 1.29 is 19.1 Å². The van der Waals surface area contributed by atoms with Crippen molar-refractivity contribution in [1.82, 2.24) is 19.9 Å². The Morgan fingerprint density at radius 2 is 2.03 bits per heavy atom. The van der Waals surface area contributed by atoms with Gasteiger partial charge in [0.2, 0.25) is 5.88 Å². The van der Waals surface area contributed by atoms with E-state index in [0.717, 1.165) is 11.3 Å². The number of hydrogen-bond donors (Lipinski definition) is 1. The molecule has 3 aromatic heterocycles. The zero-order valence-electron chi connectivity index (χ0n) is 19.6. The van der Waals surface area contributed by atoms with E-state index in [1.54, 1.807) is 51.3 Å². The summed E-state index contributed by atoms with van der Waals surface area (Å²) in [5, 5.41) is 0. The van der Waals surface area contributed by atoms with Crippen LogP contribution < -0.4 is 4.74 Å². The Bertz CT molecular complexity index is 1270. The highest BCUT2D eigenvalue weighted by Gasteiger charge is 2.38. The number of carbonyl (C=O) groups excluding carboxylic acids is 2. The standard InChI is InChI=1S/C26H28N4O4/c1-6-8-16-15-30(25(32)34-26(3,4)5)24(31)18-14-20(28-22(16)18)17-11-12-27-19-9-10-21(29-23(17)19)33-13-7-2/h6-7,9-12,14,16,28H,1-2,8,13,15H2,3-5H3. The van der Waals surface area contributed by atoms with Gasteiger partial charge in [-0.25, -0.2) is 14.7 Å². The summed E-state index contributed by atoms with van der Waals surface area (Å²) in [6.45, 7) is 13.4. The maximum atomic E-state index is 13.3. The highest BCUT2D eigenvalue weighted by molar-refractivity contribution is 6.06. The molecule has 0 aromatic carbocycles. The van der Waals surface area contributed by atoms with Crippen LogP contribution in [0.1, 0.15) is 49.2 Å². The molecule has 8 nitrogen and oxygen atoms in total. The molecule has 3 aromatic rings. The Hall–Kier alpha value is -3.94. The number of nitrogens with one attached hydrogen (secondary N) is 1. The smallest absolute Gasteiger partial charge is 0.417 e. The second kappa shape index (κ2) is 9.13. The zero-order valence-corrected chi connectivity index (χ0v) is 19.6. The lowest BCUT2D eigenvalue weighted by atomic mass is 9.93. The van der Waals surface area contributed by atoms with E-state index in [2.05, 4.69) is 28.1 Å². The Morgan fingerprint density at radius 1 is 1.24 bits per heavy atom. The van der Waals surface area contributed by atoms with Gasteiger partial charge in [-0.3, -0.25) is 9.78 Å². The quantitative estimate of drug-likeness (QED) is 0.505. The van der Waals surface area contributed by atoms with Crippen molar-refractivity contribution in [3.05, 3.63) is 67.0 Å². The van der Waals surface area contributed by atoms with Crippen LogP contribution in [-0.2, 0) is 4.74 Å². The van der Waals surface area contributed by atoms with Crippen molar-refractivity contribution in [1.29, 1.82) is 0 Å². The maximum Gasteiger partial charge on any atom is 0.417 e. The summed E-state index contributed by atoms with van der Waals surface area (Å²) < 4.78 is 11.1. The third-order valence-electron chi connectivity index (χ3n) is 5.40. The van der Waals surface area contributed by atoms with Gasteiger partial charge in [-0.2, -0.15) is 0 Å². The molecule has 0 aliphatic carbocycles. The fourth-order valence-corrected chi connectivity index (χ4v) is 3.97. The van der Waals surface area contributed by atoms with Crippen molar-refractivity contribution in [2.75, 3.05) is 13.2 Å². The van der Waals surface area contributed by atoms with Crippen LogP contribution in [0.2, 0.25) is 0 Å². The first-order valence-corrected chi connectivity index (χ1v) is 11.1. The molecule has 0 bridgehead atoms. The largest absolute Gasteiger partial charge is 0.473 e. The van der Waals surface area contributed by atoms with Crippen LogP contribution in [0, 0.1) is 0 Å². The zero-order chi connectivity index (χ0) is 24.5. The monoisotopic (exact) mass is 460 g/mol. The van der Waals surface area contributed by atoms with E-state index in [-0.39, 0.29) is 12.5 Å². The number of fused-ring (bicyclic) bond motifs is 2. The summed E-state index contributed by atoms with van der Waals surface area (Å²) in [5.41, 5.74) is 3.31. The number of aromatic amines is 1. The van der Waals surface area contributed by atoms with Crippen LogP contribution >= 0.6 is 0 Å². The van der Waals surface area contributed by atoms with E-state index in [1.165, 1.54) is 4.90 Å². The number of amides is 2. The fraction of sp³-hybridized carbons (Fsp3) is 0.308. The van der Waals surface area contributed by atoms with E-state index < -0.39 is 17.6 Å². The molecule has 0 radical (unpaired) electrons. The van der Waals surface area contributed by atoms with Gasteiger partial charge in [0, 0.05) is 41.7 Å². The molecule has 4 rings (SSSR count). The van der Waals surface area contributed by atoms with Crippen LogP contribution in [0.15, 0.2) is 55.8 Å². The van der Waals surface area contributed by atoms with Crippen LogP contribution in [0.4, 0.5) is 4.79 Å². The molecular weight excluding hydrogens is 432 g/mol. The molecule has 1 unspecified atom stereocenters. The average molecular weight is 461 g/mol. The summed E-state index contributed by atoms with van der Waals surface area (Å²) in [5.74, 6) is -0.0675. The van der Waals surface area contributed by atoms with Crippen molar-refractivity contribution >= 4 is 23.0 Å². The number of imide groups is 1. The van der Waals surface area contributed by atoms with Gasteiger partial charge in [0.25, 0.3) is 5.91 Å². The first kappa shape index (κ1) is 23.2. The lowest BCUT2D eigenvalue weighted by molar-refractivity contribution is 0.0218. The Labute approximate surface area is 198 Å². The number of pyridine rings is 2. The molecule has 0 fully saturated rings. The topological polar surface area (TPSA) is 97.4 Å². The highest BCUT2D eigenvalue weighted by atomic mass is 16.6. The van der Waals surface area contributed by atoms with Crippen molar-refractivity contribution in [2.45, 2.75) is 38.7 Å². The van der Waals surface area contributed by atoms with Gasteiger partial charge in [-0.1, -0.05) is 18.7 Å². The molecule has 34 heavy (non-hydrogen) atoms. The summed E-state index contributed by atoms with van der Waals surface area (Å²) in [6, 6.07) is 7.19. The number of allylic oxidation sites excluding steroid dienone is 1. The van der Waals surface area contributed by atoms with Gasteiger partial charge in [-0.15, -0.1) is 6.58 Å². The Morgan fingerprint density at radius 3 is 2.74 bits per heavy atom. The predicted octanol–water partition coefficient (Wildman–Crippen LogP) is 5.24. The summed E-state index contributed by atoms with van der Waals surface area (Å²) in [7, 11) is 0. The number of hydrogen-bond acceptors (Lipinski definition) is 6. The summed E-state index contributed by atoms with van der Waals surface area (Å²) >= 11 is 0. The van der Waals surface area contributed by atoms with E-state index in [4.69, 9.17) is 9.47 Å². The van der Waals surface area contributed by atoms with E-state index in [9.17, 15) is 9.59 Å². The average Bonchev–Trinajstić information content (AvgIpc) is 3.24. The second-order valence-electron chi connectivity index (χ2n) is 9.10. The SMILES string of the molecule is C=CCOc1ccc2nccc(-c3cc4c([nH]3)C(CC=C)CN(C(=O)OC(C)(C)C)C4=O)c2n1. The third kappa shape index (κ3) is 4.57. The molecule has 0 saturated heterocycles. The molecular formula is C26H28N4O4. The van der Waals surface area contributed by atoms with E-state index >= 15 is 0 Å². The van der Waals surface area contributed by atoms with Crippen LogP contribution in [0.25, 0.3) is 22.3 Å². The number of rotatable bonds is 6. The van der Waals surface area contributed by atoms with Gasteiger partial charge in [0.05, 0.1) is 11.1 Å². The van der Waals surface area contributed by atoms with Gasteiger partial charge in [0.15, 0.2) is 0 Å². The molecule has 1 aliphatic heterocycles. The number of nitrogens with zero attached hydrogens (tertiary/aromatic N) is 3. The third-order valence-corrected chi connectivity index (χ3v) is 5.40. The lowest BCUT2D eigenvalue weighted by Crippen LogP contribution is -2.45. The van der Waals surface area contributed by atoms with Crippen molar-refractivity contribution in [2.24, 2.45) is 0 Å². The predicted molar refractivity (Wildman–Crippen MR) is 130 cm³/mol. The van der Waals surface area contributed by atoms with Gasteiger partial charge >= 0.3 is 6.09 Å². The van der Waals surface area contributed by atoms with Crippen LogP contribution in [-0.4, -0.2) is 50.6 Å². The number of ether oxygens (including phenoxy) is 2. The lowest BCUT2D eigenvalue weighted by Gasteiger charge is -2.32. The molecule has 8 heteroatoms. The molecule has 0 spiro atoms. The first-order chi connectivity index (χ1) is 16.2. The van der Waals surface area contributed by atoms with Gasteiger partial charge in [0.1, 0.15) is 17.7 Å². The Kier molecular flexibility index (Phi) is 6.24. The molecule has 1 atom stereocenters. The number of aromatic nitrogens is 3. The molecule has 0 saturated carbocycles. The Balaban J connectivity index is 1.77. The molecule has 4 heterocycles. The summed E-state index contributed by atoms with van der Waals surface area (Å²) in [6.07, 6.45) is 5.06. The van der Waals surface area contributed by atoms with Gasteiger partial charge < -0.3 is 14.5 Å². The minimum absolute atomic E-state index is 0.126. The molecule has 2 amide bonds. The van der Waals surface area contributed by atoms with Crippen LogP contribution in [0.3, 0.4) is 0 Å². The summed E-state index contributed by atoms with van der Waals surface area (Å²) in [4.78, 5) is 39.7. The highest BCUT2D eigenvalue weighted by Crippen LogP contribution is 2.36.